The minimum absolute atomic E-state index is 0.00292. The molecule has 2 N–H and O–H groups in total. The van der Waals surface area contributed by atoms with Gasteiger partial charge in [0.15, 0.2) is 0 Å². The highest BCUT2D eigenvalue weighted by Gasteiger charge is 2.19. The van der Waals surface area contributed by atoms with E-state index in [1.807, 2.05) is 0 Å². The average molecular weight is 231 g/mol. The molecule has 0 radical (unpaired) electrons. The number of anilines is 1. The van der Waals surface area contributed by atoms with Crippen molar-refractivity contribution in [2.75, 3.05) is 5.73 Å². The Morgan fingerprint density at radius 2 is 2.14 bits per heavy atom. The van der Waals surface area contributed by atoms with Gasteiger partial charge in [-0.1, -0.05) is 11.6 Å². The molecule has 0 saturated carbocycles. The molecule has 0 saturated heterocycles. The molecule has 1 aromatic carbocycles. The maximum atomic E-state index is 10.6. The molecule has 2 rings (SSSR count). The van der Waals surface area contributed by atoms with Crippen molar-refractivity contribution in [2.45, 2.75) is 0 Å². The summed E-state index contributed by atoms with van der Waals surface area (Å²) in [6.45, 7) is 0. The maximum Gasteiger partial charge on any atom is 0.296 e. The molecule has 6 nitrogen and oxygen atoms in total. The quantitative estimate of drug-likeness (QED) is 0.458. The van der Waals surface area contributed by atoms with Gasteiger partial charge in [-0.05, 0) is 0 Å². The van der Waals surface area contributed by atoms with Crippen LogP contribution in [0.4, 0.5) is 11.4 Å². The van der Waals surface area contributed by atoms with Gasteiger partial charge in [-0.25, -0.2) is 0 Å². The Bertz CT molecular complexity index is 526. The van der Waals surface area contributed by atoms with E-state index in [0.29, 0.717) is 5.52 Å². The van der Waals surface area contributed by atoms with E-state index in [1.54, 1.807) is 0 Å². The van der Waals surface area contributed by atoms with Crippen LogP contribution in [0.25, 0.3) is 11.0 Å². The average Bonchev–Trinajstić information content (AvgIpc) is 2.59. The SMILES string of the molecule is Nc1c([N+](=O)[O-])cc(Cl)c2nsnc12. The molecule has 0 amide bonds. The summed E-state index contributed by atoms with van der Waals surface area (Å²) in [5.74, 6) is 0. The summed E-state index contributed by atoms with van der Waals surface area (Å²) in [7, 11) is 0. The second-order valence-electron chi connectivity index (χ2n) is 2.51. The molecule has 0 aliphatic heterocycles. The van der Waals surface area contributed by atoms with Crippen LogP contribution in [-0.2, 0) is 0 Å². The molecule has 1 aromatic heterocycles. The van der Waals surface area contributed by atoms with Crippen LogP contribution in [0, 0.1) is 10.1 Å². The second kappa shape index (κ2) is 3.03. The second-order valence-corrected chi connectivity index (χ2v) is 3.45. The van der Waals surface area contributed by atoms with Crippen LogP contribution in [0.5, 0.6) is 0 Å². The van der Waals surface area contributed by atoms with Crippen LogP contribution < -0.4 is 5.73 Å². The number of nitrogens with two attached hydrogens (primary N) is 1. The molecule has 72 valence electrons. The zero-order valence-electron chi connectivity index (χ0n) is 6.60. The van der Waals surface area contributed by atoms with Gasteiger partial charge in [0.25, 0.3) is 5.69 Å². The van der Waals surface area contributed by atoms with Crippen LogP contribution in [0.3, 0.4) is 0 Å². The molecule has 0 atom stereocenters. The number of hydrogen-bond donors (Lipinski definition) is 1. The summed E-state index contributed by atoms with van der Waals surface area (Å²) in [6.07, 6.45) is 0. The van der Waals surface area contributed by atoms with Gasteiger partial charge < -0.3 is 5.73 Å². The number of nitro benzene ring substituents is 1. The maximum absolute atomic E-state index is 10.6. The first-order valence-corrected chi connectivity index (χ1v) is 4.56. The fraction of sp³-hybridized carbons (Fsp3) is 0. The Hall–Kier alpha value is -1.47. The zero-order valence-corrected chi connectivity index (χ0v) is 8.17. The highest BCUT2D eigenvalue weighted by molar-refractivity contribution is 7.00. The fourth-order valence-electron chi connectivity index (χ4n) is 1.06. The van der Waals surface area contributed by atoms with Crippen LogP contribution in [0.15, 0.2) is 6.07 Å². The molecule has 2 aromatic rings. The molecular weight excluding hydrogens is 228 g/mol. The lowest BCUT2D eigenvalue weighted by Crippen LogP contribution is -1.96. The molecular formula is C6H3ClN4O2S. The third kappa shape index (κ3) is 1.17. The summed E-state index contributed by atoms with van der Waals surface area (Å²) >= 11 is 6.68. The summed E-state index contributed by atoms with van der Waals surface area (Å²) in [4.78, 5) is 9.96. The molecule has 0 spiro atoms. The first-order chi connectivity index (χ1) is 6.61. The zero-order chi connectivity index (χ0) is 10.3. The number of nitrogens with zero attached hydrogens (tertiary/aromatic N) is 3. The van der Waals surface area contributed by atoms with Crippen molar-refractivity contribution in [3.05, 3.63) is 21.2 Å². The molecule has 0 fully saturated rings. The Morgan fingerprint density at radius 1 is 1.50 bits per heavy atom. The third-order valence-electron chi connectivity index (χ3n) is 1.71. The van der Waals surface area contributed by atoms with Crippen LogP contribution in [0.2, 0.25) is 5.02 Å². The number of nitro groups is 1. The number of rotatable bonds is 1. The van der Waals surface area contributed by atoms with E-state index in [-0.39, 0.29) is 21.9 Å². The normalized spacial score (nSPS) is 10.6. The van der Waals surface area contributed by atoms with E-state index < -0.39 is 4.92 Å². The van der Waals surface area contributed by atoms with E-state index in [9.17, 15) is 10.1 Å². The van der Waals surface area contributed by atoms with Crippen molar-refractivity contribution < 1.29 is 4.92 Å². The fourth-order valence-corrected chi connectivity index (χ4v) is 1.92. The van der Waals surface area contributed by atoms with Gasteiger partial charge in [0.05, 0.1) is 21.7 Å². The summed E-state index contributed by atoms with van der Waals surface area (Å²) in [5, 5.41) is 10.8. The summed E-state index contributed by atoms with van der Waals surface area (Å²) in [5.41, 5.74) is 5.99. The predicted octanol–water partition coefficient (Wildman–Crippen LogP) is 1.84. The number of nitrogen functional groups attached to an aromatic ring is 1. The molecule has 14 heavy (non-hydrogen) atoms. The number of fused-ring (bicyclic) bond motifs is 1. The first kappa shape index (κ1) is 9.10. The predicted molar refractivity (Wildman–Crippen MR) is 53.5 cm³/mol. The summed E-state index contributed by atoms with van der Waals surface area (Å²) in [6, 6.07) is 1.18. The highest BCUT2D eigenvalue weighted by atomic mass is 35.5. The van der Waals surface area contributed by atoms with E-state index in [4.69, 9.17) is 17.3 Å². The van der Waals surface area contributed by atoms with Crippen LogP contribution in [-0.4, -0.2) is 13.7 Å². The minimum Gasteiger partial charge on any atom is -0.391 e. The van der Waals surface area contributed by atoms with E-state index in [0.717, 1.165) is 11.7 Å². The number of hydrogen-bond acceptors (Lipinski definition) is 6. The smallest absolute Gasteiger partial charge is 0.296 e. The van der Waals surface area contributed by atoms with Gasteiger partial charge in [0, 0.05) is 6.07 Å². The van der Waals surface area contributed by atoms with Gasteiger partial charge in [0.1, 0.15) is 16.7 Å². The lowest BCUT2D eigenvalue weighted by atomic mass is 10.2. The van der Waals surface area contributed by atoms with Crippen molar-refractivity contribution in [1.29, 1.82) is 0 Å². The van der Waals surface area contributed by atoms with Gasteiger partial charge in [-0.3, -0.25) is 10.1 Å². The van der Waals surface area contributed by atoms with E-state index in [1.165, 1.54) is 6.07 Å². The van der Waals surface area contributed by atoms with Gasteiger partial charge in [0.2, 0.25) is 0 Å². The van der Waals surface area contributed by atoms with Crippen molar-refractivity contribution in [3.8, 4) is 0 Å². The van der Waals surface area contributed by atoms with E-state index >= 15 is 0 Å². The summed E-state index contributed by atoms with van der Waals surface area (Å²) < 4.78 is 7.71. The van der Waals surface area contributed by atoms with Crippen molar-refractivity contribution in [2.24, 2.45) is 0 Å². The highest BCUT2D eigenvalue weighted by Crippen LogP contribution is 2.34. The third-order valence-corrected chi connectivity index (χ3v) is 2.52. The number of aromatic nitrogens is 2. The Balaban J connectivity index is 2.88. The topological polar surface area (TPSA) is 94.9 Å². The van der Waals surface area contributed by atoms with Gasteiger partial charge in [-0.2, -0.15) is 8.75 Å². The number of halogens is 1. The molecule has 0 unspecified atom stereocenters. The first-order valence-electron chi connectivity index (χ1n) is 3.46. The Morgan fingerprint density at radius 3 is 2.79 bits per heavy atom. The lowest BCUT2D eigenvalue weighted by Gasteiger charge is -1.98. The molecule has 0 aliphatic rings. The number of benzene rings is 1. The molecule has 0 bridgehead atoms. The van der Waals surface area contributed by atoms with Crippen molar-refractivity contribution in [3.63, 3.8) is 0 Å². The molecule has 1 heterocycles. The van der Waals surface area contributed by atoms with Crippen molar-refractivity contribution in [1.82, 2.24) is 8.75 Å². The largest absolute Gasteiger partial charge is 0.391 e. The minimum atomic E-state index is -0.597. The van der Waals surface area contributed by atoms with Crippen molar-refractivity contribution >= 4 is 45.7 Å². The Labute approximate surface area is 86.8 Å². The standard InChI is InChI=1S/C6H3ClN4O2S/c7-2-1-3(11(12)13)4(8)6-5(2)9-14-10-6/h1H,8H2. The molecule has 0 aliphatic carbocycles. The van der Waals surface area contributed by atoms with E-state index in [2.05, 4.69) is 8.75 Å². The van der Waals surface area contributed by atoms with Crippen LogP contribution >= 0.6 is 23.3 Å². The van der Waals surface area contributed by atoms with Gasteiger partial charge >= 0.3 is 0 Å². The van der Waals surface area contributed by atoms with Gasteiger partial charge in [-0.15, -0.1) is 0 Å². The van der Waals surface area contributed by atoms with Crippen LogP contribution in [0.1, 0.15) is 0 Å². The Kier molecular flexibility index (Phi) is 1.97. The molecule has 8 heteroatoms. The monoisotopic (exact) mass is 230 g/mol. The lowest BCUT2D eigenvalue weighted by molar-refractivity contribution is -0.383.